The van der Waals surface area contributed by atoms with E-state index in [1.54, 1.807) is 0 Å². The summed E-state index contributed by atoms with van der Waals surface area (Å²) in [4.78, 5) is 0. The van der Waals surface area contributed by atoms with Crippen molar-refractivity contribution < 1.29 is 5.21 Å². The van der Waals surface area contributed by atoms with E-state index >= 15 is 0 Å². The number of rotatable bonds is 5. The van der Waals surface area contributed by atoms with Gasteiger partial charge in [0.25, 0.3) is 0 Å². The molecule has 1 rings (SSSR count). The van der Waals surface area contributed by atoms with Gasteiger partial charge in [-0.3, -0.25) is 0 Å². The van der Waals surface area contributed by atoms with Crippen molar-refractivity contribution in [3.05, 3.63) is 0 Å². The number of nitrogens with two attached hydrogens (primary N) is 1. The van der Waals surface area contributed by atoms with Crippen LogP contribution in [-0.4, -0.2) is 23.1 Å². The highest BCUT2D eigenvalue weighted by molar-refractivity contribution is 5.79. The molecule has 1 fully saturated rings. The van der Waals surface area contributed by atoms with Gasteiger partial charge in [0, 0.05) is 12.0 Å². The molecule has 4 N–H and O–H groups in total. The molecule has 0 atom stereocenters. The fraction of sp³-hybridized carbons (Fsp3) is 0.875. The fourth-order valence-electron chi connectivity index (χ4n) is 1.07. The van der Waals surface area contributed by atoms with E-state index in [1.165, 1.54) is 12.8 Å². The van der Waals surface area contributed by atoms with Crippen LogP contribution in [0.3, 0.4) is 0 Å². The van der Waals surface area contributed by atoms with E-state index in [2.05, 4.69) is 17.4 Å². The molecule has 4 nitrogen and oxygen atoms in total. The van der Waals surface area contributed by atoms with E-state index in [9.17, 15) is 0 Å². The van der Waals surface area contributed by atoms with Gasteiger partial charge >= 0.3 is 0 Å². The Labute approximate surface area is 72.8 Å². The van der Waals surface area contributed by atoms with Crippen LogP contribution in [0.25, 0.3) is 0 Å². The van der Waals surface area contributed by atoms with Gasteiger partial charge < -0.3 is 16.3 Å². The average molecular weight is 171 g/mol. The Hall–Kier alpha value is -0.770. The summed E-state index contributed by atoms with van der Waals surface area (Å²) in [5.41, 5.74) is 5.70. The summed E-state index contributed by atoms with van der Waals surface area (Å²) in [5.74, 6) is 0.317. The minimum Gasteiger partial charge on any atom is -0.409 e. The standard InChI is InChI=1S/C8H17N3O/c1-8(4-5-8)10-6-2-3-7(9)11-12/h10,12H,2-6H2,1H3,(H2,9,11). The third-order valence-corrected chi connectivity index (χ3v) is 2.29. The largest absolute Gasteiger partial charge is 0.409 e. The lowest BCUT2D eigenvalue weighted by Crippen LogP contribution is -2.29. The van der Waals surface area contributed by atoms with Crippen molar-refractivity contribution >= 4 is 5.84 Å². The van der Waals surface area contributed by atoms with E-state index in [0.29, 0.717) is 17.8 Å². The van der Waals surface area contributed by atoms with Crippen LogP contribution in [-0.2, 0) is 0 Å². The molecule has 0 aliphatic heterocycles. The molecule has 12 heavy (non-hydrogen) atoms. The first-order valence-corrected chi connectivity index (χ1v) is 4.38. The molecular formula is C8H17N3O. The predicted molar refractivity (Wildman–Crippen MR) is 48.3 cm³/mol. The average Bonchev–Trinajstić information content (AvgIpc) is 2.78. The second-order valence-corrected chi connectivity index (χ2v) is 3.68. The number of nitrogens with zero attached hydrogens (tertiary/aromatic N) is 1. The molecule has 0 radical (unpaired) electrons. The number of nitrogens with one attached hydrogen (secondary N) is 1. The quantitative estimate of drug-likeness (QED) is 0.187. The normalized spacial score (nSPS) is 20.9. The van der Waals surface area contributed by atoms with Crippen LogP contribution < -0.4 is 11.1 Å². The van der Waals surface area contributed by atoms with Crippen LogP contribution in [0.1, 0.15) is 32.6 Å². The van der Waals surface area contributed by atoms with Crippen molar-refractivity contribution in [1.82, 2.24) is 5.32 Å². The second-order valence-electron chi connectivity index (χ2n) is 3.68. The van der Waals surface area contributed by atoms with Gasteiger partial charge in [-0.05, 0) is 32.7 Å². The van der Waals surface area contributed by atoms with Gasteiger partial charge in [-0.2, -0.15) is 0 Å². The molecule has 1 saturated carbocycles. The second kappa shape index (κ2) is 3.76. The van der Waals surface area contributed by atoms with Crippen molar-refractivity contribution in [2.24, 2.45) is 10.9 Å². The zero-order valence-electron chi connectivity index (χ0n) is 7.51. The molecule has 0 unspecified atom stereocenters. The van der Waals surface area contributed by atoms with Gasteiger partial charge in [-0.15, -0.1) is 0 Å². The van der Waals surface area contributed by atoms with E-state index in [-0.39, 0.29) is 0 Å². The van der Waals surface area contributed by atoms with Crippen molar-refractivity contribution in [1.29, 1.82) is 0 Å². The Morgan fingerprint density at radius 1 is 1.67 bits per heavy atom. The molecule has 0 aromatic carbocycles. The Balaban J connectivity index is 1.96. The third-order valence-electron chi connectivity index (χ3n) is 2.29. The first-order valence-electron chi connectivity index (χ1n) is 4.38. The molecule has 70 valence electrons. The summed E-state index contributed by atoms with van der Waals surface area (Å²) in [5, 5.41) is 14.6. The SMILES string of the molecule is CC1(NCCCC(N)=NO)CC1. The predicted octanol–water partition coefficient (Wildman–Crippen LogP) is 0.655. The zero-order valence-corrected chi connectivity index (χ0v) is 7.51. The number of hydrogen-bond acceptors (Lipinski definition) is 3. The van der Waals surface area contributed by atoms with Crippen molar-refractivity contribution in [3.8, 4) is 0 Å². The van der Waals surface area contributed by atoms with E-state index in [0.717, 1.165) is 13.0 Å². The van der Waals surface area contributed by atoms with Crippen molar-refractivity contribution in [2.45, 2.75) is 38.1 Å². The van der Waals surface area contributed by atoms with Gasteiger partial charge in [-0.25, -0.2) is 0 Å². The minimum atomic E-state index is 0.317. The van der Waals surface area contributed by atoms with Crippen molar-refractivity contribution in [3.63, 3.8) is 0 Å². The first kappa shape index (κ1) is 9.32. The molecule has 1 aliphatic rings. The summed E-state index contributed by atoms with van der Waals surface area (Å²) < 4.78 is 0. The molecular weight excluding hydrogens is 154 g/mol. The van der Waals surface area contributed by atoms with Gasteiger partial charge in [0.2, 0.25) is 0 Å². The number of amidine groups is 1. The Morgan fingerprint density at radius 2 is 2.33 bits per heavy atom. The highest BCUT2D eigenvalue weighted by atomic mass is 16.4. The summed E-state index contributed by atoms with van der Waals surface area (Å²) in [6, 6.07) is 0. The van der Waals surface area contributed by atoms with Crippen molar-refractivity contribution in [2.75, 3.05) is 6.54 Å². The summed E-state index contributed by atoms with van der Waals surface area (Å²) in [6.45, 7) is 3.17. The molecule has 0 heterocycles. The lowest BCUT2D eigenvalue weighted by atomic mass is 10.2. The highest BCUT2D eigenvalue weighted by Gasteiger charge is 2.35. The number of oxime groups is 1. The summed E-state index contributed by atoms with van der Waals surface area (Å²) in [7, 11) is 0. The van der Waals surface area contributed by atoms with Gasteiger partial charge in [-0.1, -0.05) is 5.16 Å². The lowest BCUT2D eigenvalue weighted by Gasteiger charge is -2.09. The van der Waals surface area contributed by atoms with Crippen LogP contribution in [0.4, 0.5) is 0 Å². The lowest BCUT2D eigenvalue weighted by molar-refractivity contribution is 0.316. The zero-order chi connectivity index (χ0) is 9.03. The Morgan fingerprint density at radius 3 is 2.83 bits per heavy atom. The van der Waals surface area contributed by atoms with Crippen LogP contribution >= 0.6 is 0 Å². The van der Waals surface area contributed by atoms with Crippen LogP contribution in [0.2, 0.25) is 0 Å². The first-order chi connectivity index (χ1) is 5.66. The number of hydrogen-bond donors (Lipinski definition) is 3. The highest BCUT2D eigenvalue weighted by Crippen LogP contribution is 2.33. The smallest absolute Gasteiger partial charge is 0.139 e. The Kier molecular flexibility index (Phi) is 2.92. The van der Waals surface area contributed by atoms with Crippen LogP contribution in [0, 0.1) is 0 Å². The van der Waals surface area contributed by atoms with E-state index < -0.39 is 0 Å². The van der Waals surface area contributed by atoms with Gasteiger partial charge in [0.05, 0.1) is 0 Å². The molecule has 0 bridgehead atoms. The van der Waals surface area contributed by atoms with E-state index in [1.807, 2.05) is 0 Å². The summed E-state index contributed by atoms with van der Waals surface area (Å²) in [6.07, 6.45) is 4.15. The maximum atomic E-state index is 8.25. The topological polar surface area (TPSA) is 70.6 Å². The monoisotopic (exact) mass is 171 g/mol. The fourth-order valence-corrected chi connectivity index (χ4v) is 1.07. The third kappa shape index (κ3) is 3.09. The minimum absolute atomic E-state index is 0.317. The maximum Gasteiger partial charge on any atom is 0.139 e. The molecule has 0 amide bonds. The van der Waals surface area contributed by atoms with E-state index in [4.69, 9.17) is 10.9 Å². The molecule has 1 aliphatic carbocycles. The Bertz CT molecular complexity index is 175. The van der Waals surface area contributed by atoms with Gasteiger partial charge in [0.1, 0.15) is 5.84 Å². The van der Waals surface area contributed by atoms with Gasteiger partial charge in [0.15, 0.2) is 0 Å². The maximum absolute atomic E-state index is 8.25. The molecule has 4 heteroatoms. The van der Waals surface area contributed by atoms with Crippen LogP contribution in [0.5, 0.6) is 0 Å². The summed E-state index contributed by atoms with van der Waals surface area (Å²) >= 11 is 0. The van der Waals surface area contributed by atoms with Crippen LogP contribution in [0.15, 0.2) is 5.16 Å². The molecule has 0 spiro atoms. The molecule has 0 aromatic rings. The molecule has 0 saturated heterocycles. The molecule has 0 aromatic heterocycles.